The Morgan fingerprint density at radius 2 is 2.28 bits per heavy atom. The number of thioether (sulfide) groups is 1. The number of nitrogens with zero attached hydrogens (tertiary/aromatic N) is 3. The fourth-order valence-corrected chi connectivity index (χ4v) is 4.50. The highest BCUT2D eigenvalue weighted by Gasteiger charge is 2.31. The summed E-state index contributed by atoms with van der Waals surface area (Å²) in [6.07, 6.45) is 5.46. The number of β-amino-alcohol motifs (C(OH)–C–C–N with tert-alkyl or cyclic N) is 1. The molecule has 2 atom stereocenters. The fraction of sp³-hybridized carbons (Fsp3) is 0.647. The lowest BCUT2D eigenvalue weighted by Crippen LogP contribution is -2.21. The number of rotatable bonds is 9. The molecule has 0 aliphatic carbocycles. The third-order valence-corrected chi connectivity index (χ3v) is 5.91. The van der Waals surface area contributed by atoms with Crippen molar-refractivity contribution in [3.8, 4) is 0 Å². The Balaban J connectivity index is 1.49. The van der Waals surface area contributed by atoms with Crippen LogP contribution in [0.5, 0.6) is 0 Å². The van der Waals surface area contributed by atoms with Gasteiger partial charge in [0.25, 0.3) is 0 Å². The average Bonchev–Trinajstić information content (AvgIpc) is 3.16. The molecule has 2 aromatic rings. The number of ether oxygens (including phenoxy) is 1. The first kappa shape index (κ1) is 18.4. The van der Waals surface area contributed by atoms with Gasteiger partial charge >= 0.3 is 0 Å². The highest BCUT2D eigenvalue weighted by atomic mass is 32.2. The number of methoxy groups -OCH3 is 1. The van der Waals surface area contributed by atoms with Crippen LogP contribution in [-0.4, -0.2) is 69.4 Å². The van der Waals surface area contributed by atoms with Crippen LogP contribution in [0, 0.1) is 5.92 Å². The molecule has 1 aliphatic rings. The van der Waals surface area contributed by atoms with E-state index in [1.807, 2.05) is 18.0 Å². The summed E-state index contributed by atoms with van der Waals surface area (Å²) in [5.74, 6) is 2.94. The Morgan fingerprint density at radius 3 is 3.12 bits per heavy atom. The van der Waals surface area contributed by atoms with Crippen molar-refractivity contribution in [1.29, 1.82) is 0 Å². The normalized spacial score (nSPS) is 21.4. The maximum absolute atomic E-state index is 10.4. The molecule has 0 bridgehead atoms. The number of nitrogen functional groups attached to an aromatic ring is 1. The van der Waals surface area contributed by atoms with Crippen LogP contribution in [0.2, 0.25) is 0 Å². The van der Waals surface area contributed by atoms with Crippen LogP contribution in [0.1, 0.15) is 18.4 Å². The second-order valence-corrected chi connectivity index (χ2v) is 7.74. The van der Waals surface area contributed by atoms with Crippen molar-refractivity contribution in [3.63, 3.8) is 0 Å². The van der Waals surface area contributed by atoms with Crippen molar-refractivity contribution in [3.05, 3.63) is 18.1 Å². The number of likely N-dealkylation sites (tertiary alicyclic amines) is 1. The van der Waals surface area contributed by atoms with Gasteiger partial charge in [-0.2, -0.15) is 11.8 Å². The predicted molar refractivity (Wildman–Crippen MR) is 102 cm³/mol. The molecular formula is C17H27N5O2S. The summed E-state index contributed by atoms with van der Waals surface area (Å²) in [4.78, 5) is 13.8. The number of nitrogens with one attached hydrogen (secondary N) is 1. The maximum Gasteiger partial charge on any atom is 0.151 e. The molecule has 4 N–H and O–H groups in total. The SMILES string of the molecule is COCCCCSC[C@H]1CN(Cc2c[nH]c3c(N)ncnc23)C[C@H]1O. The van der Waals surface area contributed by atoms with E-state index in [0.29, 0.717) is 18.3 Å². The summed E-state index contributed by atoms with van der Waals surface area (Å²) in [5, 5.41) is 10.4. The number of aliphatic hydroxyl groups is 1. The summed E-state index contributed by atoms with van der Waals surface area (Å²) in [6, 6.07) is 0. The highest BCUT2D eigenvalue weighted by molar-refractivity contribution is 7.99. The van der Waals surface area contributed by atoms with Crippen molar-refractivity contribution in [2.24, 2.45) is 5.92 Å². The van der Waals surface area contributed by atoms with Gasteiger partial charge in [0.1, 0.15) is 11.8 Å². The van der Waals surface area contributed by atoms with Crippen molar-refractivity contribution in [1.82, 2.24) is 19.9 Å². The summed E-state index contributed by atoms with van der Waals surface area (Å²) in [5.41, 5.74) is 8.64. The number of anilines is 1. The topological polar surface area (TPSA) is 100 Å². The van der Waals surface area contributed by atoms with Gasteiger partial charge in [0, 0.05) is 51.0 Å². The molecule has 0 unspecified atom stereocenters. The second-order valence-electron chi connectivity index (χ2n) is 6.59. The van der Waals surface area contributed by atoms with E-state index < -0.39 is 0 Å². The van der Waals surface area contributed by atoms with Crippen molar-refractivity contribution in [2.75, 3.05) is 44.0 Å². The molecule has 1 saturated heterocycles. The second kappa shape index (κ2) is 8.84. The number of aromatic nitrogens is 3. The third-order valence-electron chi connectivity index (χ3n) is 4.67. The molecule has 1 aliphatic heterocycles. The summed E-state index contributed by atoms with van der Waals surface area (Å²) in [6.45, 7) is 3.23. The lowest BCUT2D eigenvalue weighted by Gasteiger charge is -2.15. The number of aliphatic hydroxyl groups excluding tert-OH is 1. The monoisotopic (exact) mass is 365 g/mol. The van der Waals surface area contributed by atoms with E-state index in [-0.39, 0.29) is 6.10 Å². The summed E-state index contributed by atoms with van der Waals surface area (Å²) >= 11 is 1.93. The number of unbranched alkanes of at least 4 members (excludes halogenated alkanes) is 1. The number of H-pyrrole nitrogens is 1. The smallest absolute Gasteiger partial charge is 0.151 e. The van der Waals surface area contributed by atoms with Gasteiger partial charge in [0.05, 0.1) is 11.6 Å². The van der Waals surface area contributed by atoms with Crippen LogP contribution >= 0.6 is 11.8 Å². The molecular weight excluding hydrogens is 338 g/mol. The zero-order chi connectivity index (χ0) is 17.6. The van der Waals surface area contributed by atoms with Gasteiger partial charge in [0.15, 0.2) is 5.82 Å². The Kier molecular flexibility index (Phi) is 6.52. The van der Waals surface area contributed by atoms with Gasteiger partial charge in [-0.15, -0.1) is 0 Å². The van der Waals surface area contributed by atoms with Gasteiger partial charge in [-0.1, -0.05) is 0 Å². The Bertz CT molecular complexity index is 680. The zero-order valence-electron chi connectivity index (χ0n) is 14.6. The molecule has 0 aromatic carbocycles. The minimum absolute atomic E-state index is 0.253. The van der Waals surface area contributed by atoms with Gasteiger partial charge < -0.3 is 20.6 Å². The van der Waals surface area contributed by atoms with Crippen LogP contribution in [0.4, 0.5) is 5.82 Å². The Hall–Kier alpha value is -1.35. The van der Waals surface area contributed by atoms with Crippen LogP contribution in [-0.2, 0) is 11.3 Å². The molecule has 0 spiro atoms. The highest BCUT2D eigenvalue weighted by Crippen LogP contribution is 2.26. The fourth-order valence-electron chi connectivity index (χ4n) is 3.29. The van der Waals surface area contributed by atoms with E-state index >= 15 is 0 Å². The van der Waals surface area contributed by atoms with Gasteiger partial charge in [-0.3, -0.25) is 4.90 Å². The van der Waals surface area contributed by atoms with Gasteiger partial charge in [-0.05, 0) is 24.3 Å². The molecule has 0 radical (unpaired) electrons. The molecule has 0 saturated carbocycles. The molecule has 3 heterocycles. The van der Waals surface area contributed by atoms with Gasteiger partial charge in [0.2, 0.25) is 0 Å². The van der Waals surface area contributed by atoms with Crippen molar-refractivity contribution in [2.45, 2.75) is 25.5 Å². The number of aromatic amines is 1. The van der Waals surface area contributed by atoms with Gasteiger partial charge in [-0.25, -0.2) is 9.97 Å². The van der Waals surface area contributed by atoms with Crippen LogP contribution < -0.4 is 5.73 Å². The Morgan fingerprint density at radius 1 is 1.40 bits per heavy atom. The first-order valence-corrected chi connectivity index (χ1v) is 9.88. The van der Waals surface area contributed by atoms with E-state index in [9.17, 15) is 5.11 Å². The van der Waals surface area contributed by atoms with Crippen molar-refractivity contribution >= 4 is 28.6 Å². The van der Waals surface area contributed by atoms with Crippen LogP contribution in [0.15, 0.2) is 12.5 Å². The first-order chi connectivity index (χ1) is 12.2. The zero-order valence-corrected chi connectivity index (χ0v) is 15.5. The first-order valence-electron chi connectivity index (χ1n) is 8.72. The minimum atomic E-state index is -0.253. The summed E-state index contributed by atoms with van der Waals surface area (Å²) in [7, 11) is 1.74. The number of nitrogens with two attached hydrogens (primary N) is 1. The maximum atomic E-state index is 10.4. The predicted octanol–water partition coefficient (Wildman–Crippen LogP) is 1.49. The molecule has 0 amide bonds. The van der Waals surface area contributed by atoms with E-state index in [2.05, 4.69) is 19.9 Å². The molecule has 8 heteroatoms. The molecule has 138 valence electrons. The number of fused-ring (bicyclic) bond motifs is 1. The van der Waals surface area contributed by atoms with Crippen LogP contribution in [0.3, 0.4) is 0 Å². The number of hydrogen-bond donors (Lipinski definition) is 3. The van der Waals surface area contributed by atoms with E-state index in [1.165, 1.54) is 12.7 Å². The molecule has 1 fully saturated rings. The lowest BCUT2D eigenvalue weighted by molar-refractivity contribution is 0.149. The minimum Gasteiger partial charge on any atom is -0.391 e. The Labute approximate surface area is 152 Å². The molecule has 3 rings (SSSR count). The third kappa shape index (κ3) is 4.63. The van der Waals surface area contributed by atoms with Crippen LogP contribution in [0.25, 0.3) is 11.0 Å². The molecule has 7 nitrogen and oxygen atoms in total. The standard InChI is InChI=1S/C17H27N5O2S/c1-24-4-2-3-5-25-10-13-8-22(9-14(13)23)7-12-6-19-16-15(12)20-11-21-17(16)18/h6,11,13-14,19,23H,2-5,7-10H2,1H3,(H2,18,20,21)/t13-,14-/m1/s1. The number of hydrogen-bond acceptors (Lipinski definition) is 7. The lowest BCUT2D eigenvalue weighted by atomic mass is 10.1. The summed E-state index contributed by atoms with van der Waals surface area (Å²) < 4.78 is 5.07. The average molecular weight is 366 g/mol. The quantitative estimate of drug-likeness (QED) is 0.579. The van der Waals surface area contributed by atoms with Crippen molar-refractivity contribution < 1.29 is 9.84 Å². The van der Waals surface area contributed by atoms with E-state index in [1.54, 1.807) is 7.11 Å². The molecule has 2 aromatic heterocycles. The largest absolute Gasteiger partial charge is 0.391 e. The van der Waals surface area contributed by atoms with E-state index in [0.717, 1.165) is 54.2 Å². The molecule has 25 heavy (non-hydrogen) atoms. The van der Waals surface area contributed by atoms with E-state index in [4.69, 9.17) is 10.5 Å².